The molecule has 0 N–H and O–H groups in total. The van der Waals surface area contributed by atoms with Crippen molar-refractivity contribution >= 4 is 27.8 Å². The van der Waals surface area contributed by atoms with Crippen LogP contribution in [0, 0.1) is 12.7 Å². The first-order valence-corrected chi connectivity index (χ1v) is 16.6. The number of halogens is 1. The average Bonchev–Trinajstić information content (AvgIpc) is 3.53. The second kappa shape index (κ2) is 11.4. The van der Waals surface area contributed by atoms with E-state index in [2.05, 4.69) is 76.0 Å². The highest BCUT2D eigenvalue weighted by Gasteiger charge is 2.44. The molecule has 3 atom stereocenters. The first-order valence-electron chi connectivity index (χ1n) is 16.6. The zero-order valence-corrected chi connectivity index (χ0v) is 25.9. The summed E-state index contributed by atoms with van der Waals surface area (Å²) < 4.78 is 16.4. The maximum Gasteiger partial charge on any atom is 0.255 e. The van der Waals surface area contributed by atoms with Crippen molar-refractivity contribution in [3.63, 3.8) is 0 Å². The largest absolute Gasteiger partial charge is 0.339 e. The summed E-state index contributed by atoms with van der Waals surface area (Å²) in [5.41, 5.74) is 5.02. The van der Waals surface area contributed by atoms with Crippen LogP contribution < -0.4 is 0 Å². The van der Waals surface area contributed by atoms with Gasteiger partial charge in [-0.05, 0) is 106 Å². The predicted molar refractivity (Wildman–Crippen MR) is 176 cm³/mol. The molecule has 2 bridgehead atoms. The van der Waals surface area contributed by atoms with E-state index in [-0.39, 0.29) is 17.1 Å². The van der Waals surface area contributed by atoms with Crippen molar-refractivity contribution in [2.24, 2.45) is 0 Å². The van der Waals surface area contributed by atoms with E-state index in [0.29, 0.717) is 47.7 Å². The minimum Gasteiger partial charge on any atom is -0.339 e. The van der Waals surface area contributed by atoms with Crippen molar-refractivity contribution in [1.82, 2.24) is 24.3 Å². The smallest absolute Gasteiger partial charge is 0.255 e. The molecule has 3 aliphatic rings. The molecule has 5 aromatic rings. The van der Waals surface area contributed by atoms with Crippen molar-refractivity contribution in [1.29, 1.82) is 0 Å². The molecular formula is C38H40FN5O. The van der Waals surface area contributed by atoms with Crippen LogP contribution in [-0.4, -0.2) is 62.0 Å². The molecule has 1 amide bonds. The molecule has 5 heterocycles. The molecule has 7 heteroatoms. The minimum absolute atomic E-state index is 0.0160. The number of rotatable bonds is 6. The zero-order valence-electron chi connectivity index (χ0n) is 25.9. The molecule has 45 heavy (non-hydrogen) atoms. The summed E-state index contributed by atoms with van der Waals surface area (Å²) in [4.78, 5) is 27.7. The molecule has 3 aliphatic heterocycles. The first kappa shape index (κ1) is 28.4. The highest BCUT2D eigenvalue weighted by atomic mass is 19.1. The van der Waals surface area contributed by atoms with Crippen molar-refractivity contribution in [2.75, 3.05) is 19.6 Å². The second-order valence-corrected chi connectivity index (χ2v) is 13.5. The van der Waals surface area contributed by atoms with Crippen LogP contribution in [-0.2, 0) is 5.41 Å². The summed E-state index contributed by atoms with van der Waals surface area (Å²) in [6.07, 6.45) is 9.52. The summed E-state index contributed by atoms with van der Waals surface area (Å²) >= 11 is 0. The number of para-hydroxylation sites is 2. The van der Waals surface area contributed by atoms with E-state index in [0.717, 1.165) is 37.1 Å². The zero-order chi connectivity index (χ0) is 30.5. The normalized spacial score (nSPS) is 23.2. The van der Waals surface area contributed by atoms with Gasteiger partial charge in [-0.2, -0.15) is 0 Å². The Hall–Kier alpha value is -4.10. The van der Waals surface area contributed by atoms with E-state index in [1.54, 1.807) is 18.3 Å². The lowest BCUT2D eigenvalue weighted by Gasteiger charge is -2.45. The molecule has 0 aliphatic carbocycles. The Bertz CT molecular complexity index is 1850. The summed E-state index contributed by atoms with van der Waals surface area (Å²) in [5.74, 6) is 0.797. The van der Waals surface area contributed by atoms with Crippen molar-refractivity contribution in [3.05, 3.63) is 108 Å². The number of aryl methyl sites for hydroxylation is 1. The number of likely N-dealkylation sites (tertiary alicyclic amines) is 1. The SMILES string of the molecule is Cc1nc2ccccc2n1[C@H]1C[C@H]2CC[C@@H](C1)N2CCC1(c2ccccc2)CCN(C(=O)c2cnc3ccc(F)cc3c2)CC1. The van der Waals surface area contributed by atoms with Crippen LogP contribution in [0.25, 0.3) is 21.9 Å². The Morgan fingerprint density at radius 2 is 1.62 bits per heavy atom. The lowest BCUT2D eigenvalue weighted by molar-refractivity contribution is 0.0607. The third-order valence-corrected chi connectivity index (χ3v) is 11.1. The summed E-state index contributed by atoms with van der Waals surface area (Å²) in [6, 6.07) is 27.5. The molecule has 3 saturated heterocycles. The number of aromatic nitrogens is 3. The first-order chi connectivity index (χ1) is 22.0. The number of benzene rings is 3. The van der Waals surface area contributed by atoms with Gasteiger partial charge in [-0.3, -0.25) is 14.7 Å². The van der Waals surface area contributed by atoms with Crippen LogP contribution in [0.3, 0.4) is 0 Å². The molecule has 0 unspecified atom stereocenters. The van der Waals surface area contributed by atoms with Gasteiger partial charge in [0.1, 0.15) is 11.6 Å². The van der Waals surface area contributed by atoms with Crippen LogP contribution in [0.1, 0.15) is 72.7 Å². The monoisotopic (exact) mass is 601 g/mol. The van der Waals surface area contributed by atoms with Crippen molar-refractivity contribution < 1.29 is 9.18 Å². The van der Waals surface area contributed by atoms with Gasteiger partial charge in [-0.1, -0.05) is 42.5 Å². The van der Waals surface area contributed by atoms with Crippen molar-refractivity contribution in [2.45, 2.75) is 75.4 Å². The number of pyridine rings is 1. The predicted octanol–water partition coefficient (Wildman–Crippen LogP) is 7.46. The maximum absolute atomic E-state index is 13.9. The number of amides is 1. The average molecular weight is 602 g/mol. The third-order valence-electron chi connectivity index (χ3n) is 11.1. The summed E-state index contributed by atoms with van der Waals surface area (Å²) in [6.45, 7) is 4.66. The molecule has 0 spiro atoms. The lowest BCUT2D eigenvalue weighted by Crippen LogP contribution is -2.49. The van der Waals surface area contributed by atoms with Gasteiger partial charge in [0.25, 0.3) is 5.91 Å². The number of carbonyl (C=O) groups excluding carboxylic acids is 1. The van der Waals surface area contributed by atoms with Gasteiger partial charge in [0.15, 0.2) is 0 Å². The Labute approximate surface area is 263 Å². The van der Waals surface area contributed by atoms with Crippen LogP contribution in [0.2, 0.25) is 0 Å². The Morgan fingerprint density at radius 1 is 0.889 bits per heavy atom. The highest BCUT2D eigenvalue weighted by molar-refractivity contribution is 5.97. The number of hydrogen-bond acceptors (Lipinski definition) is 4. The number of hydrogen-bond donors (Lipinski definition) is 0. The van der Waals surface area contributed by atoms with Crippen molar-refractivity contribution in [3.8, 4) is 0 Å². The molecule has 3 aromatic carbocycles. The number of piperidine rings is 2. The number of fused-ring (bicyclic) bond motifs is 4. The fourth-order valence-corrected chi connectivity index (χ4v) is 8.80. The van der Waals surface area contributed by atoms with Crippen LogP contribution >= 0.6 is 0 Å². The van der Waals surface area contributed by atoms with E-state index in [1.807, 2.05) is 4.90 Å². The maximum atomic E-state index is 13.9. The number of nitrogens with zero attached hydrogens (tertiary/aromatic N) is 5. The molecule has 2 aromatic heterocycles. The standard InChI is InChI=1S/C38H40FN5O/c1-26-41-35-9-5-6-10-36(35)44(26)33-23-31-12-13-32(24-33)43(31)20-17-38(29-7-3-2-4-8-29)15-18-42(19-16-38)37(45)28-21-27-22-30(39)11-14-34(27)40-25-28/h2-11,14,21-22,25,31-33H,12-13,15-20,23-24H2,1H3/t31-,32+,33+. The topological polar surface area (TPSA) is 54.3 Å². The quantitative estimate of drug-likeness (QED) is 0.203. The molecular weight excluding hydrogens is 561 g/mol. The number of imidazole rings is 1. The Balaban J connectivity index is 0.978. The van der Waals surface area contributed by atoms with Gasteiger partial charge >= 0.3 is 0 Å². The molecule has 230 valence electrons. The highest BCUT2D eigenvalue weighted by Crippen LogP contribution is 2.45. The van der Waals surface area contributed by atoms with Gasteiger partial charge in [0.2, 0.25) is 0 Å². The minimum atomic E-state index is -0.317. The van der Waals surface area contributed by atoms with E-state index in [9.17, 15) is 9.18 Å². The van der Waals surface area contributed by atoms with Gasteiger partial charge < -0.3 is 9.47 Å². The Morgan fingerprint density at radius 3 is 2.40 bits per heavy atom. The summed E-state index contributed by atoms with van der Waals surface area (Å²) in [5, 5.41) is 0.659. The third kappa shape index (κ3) is 5.11. The van der Waals surface area contributed by atoms with E-state index >= 15 is 0 Å². The van der Waals surface area contributed by atoms with Gasteiger partial charge in [-0.15, -0.1) is 0 Å². The fraction of sp³-hybridized carbons (Fsp3) is 0.395. The van der Waals surface area contributed by atoms with E-state index in [4.69, 9.17) is 4.98 Å². The van der Waals surface area contributed by atoms with Crippen LogP contribution in [0.15, 0.2) is 85.1 Å². The van der Waals surface area contributed by atoms with Gasteiger partial charge in [0, 0.05) is 42.8 Å². The molecule has 3 fully saturated rings. The number of carbonyl (C=O) groups is 1. The Kier molecular flexibility index (Phi) is 7.16. The van der Waals surface area contributed by atoms with Gasteiger partial charge in [-0.25, -0.2) is 9.37 Å². The molecule has 0 saturated carbocycles. The van der Waals surface area contributed by atoms with E-state index < -0.39 is 0 Å². The lowest BCUT2D eigenvalue weighted by atomic mass is 9.70. The molecule has 6 nitrogen and oxygen atoms in total. The van der Waals surface area contributed by atoms with Crippen LogP contribution in [0.4, 0.5) is 4.39 Å². The summed E-state index contributed by atoms with van der Waals surface area (Å²) in [7, 11) is 0. The molecule has 0 radical (unpaired) electrons. The molecule has 8 rings (SSSR count). The fourth-order valence-electron chi connectivity index (χ4n) is 8.80. The van der Waals surface area contributed by atoms with Gasteiger partial charge in [0.05, 0.1) is 22.1 Å². The van der Waals surface area contributed by atoms with E-state index in [1.165, 1.54) is 48.9 Å². The second-order valence-electron chi connectivity index (χ2n) is 13.5. The van der Waals surface area contributed by atoms with Crippen LogP contribution in [0.5, 0.6) is 0 Å².